The molecule has 0 radical (unpaired) electrons. The molecule has 2 atom stereocenters. The van der Waals surface area contributed by atoms with Crippen LogP contribution in [0.3, 0.4) is 0 Å². The quantitative estimate of drug-likeness (QED) is 0.687. The van der Waals surface area contributed by atoms with Crippen molar-refractivity contribution in [1.29, 1.82) is 0 Å². The Labute approximate surface area is 213 Å². The van der Waals surface area contributed by atoms with Gasteiger partial charge < -0.3 is 20.1 Å². The normalized spacial score (nSPS) is 25.5. The number of aliphatic hydroxyl groups is 1. The Morgan fingerprint density at radius 3 is 2.53 bits per heavy atom. The van der Waals surface area contributed by atoms with E-state index >= 15 is 0 Å². The van der Waals surface area contributed by atoms with Crippen LogP contribution in [0.25, 0.3) is 0 Å². The molecular weight excluding hydrogens is 454 g/mol. The molecule has 2 aromatic carbocycles. The number of ether oxygens (including phenoxy) is 1. The van der Waals surface area contributed by atoms with Crippen molar-refractivity contribution >= 4 is 11.8 Å². The Morgan fingerprint density at radius 2 is 1.75 bits per heavy atom. The molecule has 192 valence electrons. The summed E-state index contributed by atoms with van der Waals surface area (Å²) in [6.45, 7) is 2.53. The van der Waals surface area contributed by atoms with Gasteiger partial charge in [0.25, 0.3) is 5.91 Å². The molecule has 2 aromatic rings. The third-order valence-corrected chi connectivity index (χ3v) is 7.70. The molecule has 2 fully saturated rings. The summed E-state index contributed by atoms with van der Waals surface area (Å²) in [5, 5.41) is 13.3. The highest BCUT2D eigenvalue weighted by molar-refractivity contribution is 5.97. The highest BCUT2D eigenvalue weighted by Gasteiger charge is 2.43. The zero-order valence-corrected chi connectivity index (χ0v) is 20.9. The number of amides is 2. The van der Waals surface area contributed by atoms with Crippen LogP contribution in [-0.2, 0) is 17.9 Å². The summed E-state index contributed by atoms with van der Waals surface area (Å²) < 4.78 is 6.25. The van der Waals surface area contributed by atoms with Crippen LogP contribution in [0, 0.1) is 0 Å². The smallest absolute Gasteiger partial charge is 0.254 e. The van der Waals surface area contributed by atoms with Crippen molar-refractivity contribution in [1.82, 2.24) is 15.1 Å². The maximum Gasteiger partial charge on any atom is 0.254 e. The molecule has 0 aliphatic carbocycles. The number of benzene rings is 2. The topological polar surface area (TPSA) is 82.1 Å². The molecule has 2 unspecified atom stereocenters. The summed E-state index contributed by atoms with van der Waals surface area (Å²) in [4.78, 5) is 30.9. The van der Waals surface area contributed by atoms with E-state index in [1.807, 2.05) is 41.3 Å². The van der Waals surface area contributed by atoms with E-state index in [0.29, 0.717) is 44.6 Å². The highest BCUT2D eigenvalue weighted by Crippen LogP contribution is 2.38. The molecule has 2 saturated heterocycles. The van der Waals surface area contributed by atoms with Crippen LogP contribution < -0.4 is 10.1 Å². The van der Waals surface area contributed by atoms with Gasteiger partial charge in [-0.25, -0.2) is 0 Å². The lowest BCUT2D eigenvalue weighted by Crippen LogP contribution is -2.48. The summed E-state index contributed by atoms with van der Waals surface area (Å²) in [6, 6.07) is 16.0. The van der Waals surface area contributed by atoms with Gasteiger partial charge in [0, 0.05) is 42.8 Å². The predicted molar refractivity (Wildman–Crippen MR) is 138 cm³/mol. The molecule has 0 spiro atoms. The molecule has 3 aliphatic heterocycles. The van der Waals surface area contributed by atoms with Crippen LogP contribution >= 0.6 is 0 Å². The first kappa shape index (κ1) is 24.8. The number of hydrogen-bond acceptors (Lipinski definition) is 5. The van der Waals surface area contributed by atoms with Crippen LogP contribution in [0.2, 0.25) is 0 Å². The first-order chi connectivity index (χ1) is 17.6. The summed E-state index contributed by atoms with van der Waals surface area (Å²) >= 11 is 0. The Bertz CT molecular complexity index is 1050. The molecule has 3 heterocycles. The van der Waals surface area contributed by atoms with Crippen LogP contribution in [0.4, 0.5) is 0 Å². The van der Waals surface area contributed by atoms with Gasteiger partial charge in [-0.3, -0.25) is 14.5 Å². The van der Waals surface area contributed by atoms with Crippen molar-refractivity contribution in [2.75, 3.05) is 19.7 Å². The van der Waals surface area contributed by atoms with E-state index in [1.54, 1.807) is 0 Å². The maximum atomic E-state index is 14.0. The minimum Gasteiger partial charge on any atom is -0.493 e. The molecule has 2 N–H and O–H groups in total. The van der Waals surface area contributed by atoms with Gasteiger partial charge in [0.15, 0.2) is 0 Å². The Hall–Kier alpha value is -2.90. The zero-order valence-electron chi connectivity index (χ0n) is 20.9. The number of piperidine rings is 1. The van der Waals surface area contributed by atoms with Crippen molar-refractivity contribution in [3.05, 3.63) is 65.2 Å². The first-order valence-corrected chi connectivity index (χ1v) is 13.4. The second kappa shape index (κ2) is 11.4. The number of hydrogen-bond donors (Lipinski definition) is 2. The number of aliphatic hydroxyl groups excluding tert-OH is 1. The molecular formula is C29H37N3O4. The van der Waals surface area contributed by atoms with E-state index in [9.17, 15) is 14.7 Å². The molecule has 36 heavy (non-hydrogen) atoms. The number of nitrogens with zero attached hydrogens (tertiary/aromatic N) is 2. The first-order valence-electron chi connectivity index (χ1n) is 13.4. The van der Waals surface area contributed by atoms with Crippen molar-refractivity contribution < 1.29 is 19.4 Å². The highest BCUT2D eigenvalue weighted by atomic mass is 16.5. The molecule has 0 aromatic heterocycles. The predicted octanol–water partition coefficient (Wildman–Crippen LogP) is 3.50. The standard InChI is InChI=1S/C29H37N3O4/c33-24-16-22-12-13-23(17-24)32(22)29(35)25-10-7-11-27-26(25)19-31(18-21-8-3-1-4-9-21)20-28(34)30-14-5-2-6-15-36-27/h1,3-4,7-11,22-24,33H,2,5-6,12-20H2,(H,30,34). The fourth-order valence-corrected chi connectivity index (χ4v) is 5.99. The number of carbonyl (C=O) groups excluding carboxylic acids is 2. The fourth-order valence-electron chi connectivity index (χ4n) is 5.99. The summed E-state index contributed by atoms with van der Waals surface area (Å²) in [5.74, 6) is 0.741. The van der Waals surface area contributed by atoms with E-state index in [1.165, 1.54) is 0 Å². The van der Waals surface area contributed by atoms with Gasteiger partial charge in [-0.1, -0.05) is 36.4 Å². The minimum atomic E-state index is -0.324. The zero-order chi connectivity index (χ0) is 24.9. The fraction of sp³-hybridized carbons (Fsp3) is 0.517. The van der Waals surface area contributed by atoms with E-state index in [4.69, 9.17) is 4.74 Å². The summed E-state index contributed by atoms with van der Waals surface area (Å²) in [5.41, 5.74) is 2.61. The van der Waals surface area contributed by atoms with Gasteiger partial charge in [0.2, 0.25) is 5.91 Å². The van der Waals surface area contributed by atoms with Gasteiger partial charge in [0.1, 0.15) is 5.75 Å². The van der Waals surface area contributed by atoms with Crippen LogP contribution in [0.1, 0.15) is 66.4 Å². The molecule has 5 rings (SSSR count). The van der Waals surface area contributed by atoms with E-state index < -0.39 is 0 Å². The van der Waals surface area contributed by atoms with Crippen LogP contribution in [-0.4, -0.2) is 64.6 Å². The monoisotopic (exact) mass is 491 g/mol. The molecule has 2 amide bonds. The lowest BCUT2D eigenvalue weighted by molar-refractivity contribution is -0.122. The second-order valence-electron chi connectivity index (χ2n) is 10.4. The molecule has 7 nitrogen and oxygen atoms in total. The second-order valence-corrected chi connectivity index (χ2v) is 10.4. The van der Waals surface area contributed by atoms with Crippen LogP contribution in [0.15, 0.2) is 48.5 Å². The minimum absolute atomic E-state index is 0.000448. The Kier molecular flexibility index (Phi) is 7.87. The third-order valence-electron chi connectivity index (χ3n) is 7.70. The van der Waals surface area contributed by atoms with Gasteiger partial charge in [0.05, 0.1) is 19.3 Å². The Morgan fingerprint density at radius 1 is 0.972 bits per heavy atom. The number of carbonyl (C=O) groups is 2. The number of nitrogens with one attached hydrogen (secondary N) is 1. The van der Waals surface area contributed by atoms with Crippen molar-refractivity contribution in [3.8, 4) is 5.75 Å². The molecule has 2 bridgehead atoms. The third kappa shape index (κ3) is 5.73. The van der Waals surface area contributed by atoms with Gasteiger partial charge in [-0.05, 0) is 62.6 Å². The molecule has 3 aliphatic rings. The summed E-state index contributed by atoms with van der Waals surface area (Å²) in [7, 11) is 0. The van der Waals surface area contributed by atoms with Crippen molar-refractivity contribution in [3.63, 3.8) is 0 Å². The number of fused-ring (bicyclic) bond motifs is 3. The maximum absolute atomic E-state index is 14.0. The van der Waals surface area contributed by atoms with Gasteiger partial charge in [-0.15, -0.1) is 0 Å². The number of rotatable bonds is 3. The van der Waals surface area contributed by atoms with E-state index in [2.05, 4.69) is 22.3 Å². The van der Waals surface area contributed by atoms with Gasteiger partial charge in [-0.2, -0.15) is 0 Å². The van der Waals surface area contributed by atoms with Crippen LogP contribution in [0.5, 0.6) is 5.75 Å². The van der Waals surface area contributed by atoms with Gasteiger partial charge >= 0.3 is 0 Å². The SMILES string of the molecule is O=C1CN(Cc2ccccc2)Cc2c(cccc2C(=O)N2C3CCC2CC(O)C3)OCCCCCN1. The van der Waals surface area contributed by atoms with Crippen molar-refractivity contribution in [2.45, 2.75) is 76.2 Å². The average molecular weight is 492 g/mol. The average Bonchev–Trinajstić information content (AvgIpc) is 3.15. The van der Waals surface area contributed by atoms with Crippen molar-refractivity contribution in [2.24, 2.45) is 0 Å². The molecule has 7 heteroatoms. The molecule has 0 saturated carbocycles. The Balaban J connectivity index is 1.48. The van der Waals surface area contributed by atoms with E-state index in [-0.39, 0.29) is 36.5 Å². The van der Waals surface area contributed by atoms with E-state index in [0.717, 1.165) is 49.0 Å². The lowest BCUT2D eigenvalue weighted by atomic mass is 9.97. The summed E-state index contributed by atoms with van der Waals surface area (Å²) in [6.07, 6.45) is 5.65. The lowest BCUT2D eigenvalue weighted by Gasteiger charge is -2.38. The largest absolute Gasteiger partial charge is 0.493 e.